The number of hydrogen-bond acceptors (Lipinski definition) is 4. The third kappa shape index (κ3) is 3.20. The van der Waals surface area contributed by atoms with Gasteiger partial charge >= 0.3 is 0 Å². The maximum Gasteiger partial charge on any atom is 0.209 e. The molecule has 2 aromatic rings. The van der Waals surface area contributed by atoms with E-state index in [1.165, 1.54) is 0 Å². The van der Waals surface area contributed by atoms with E-state index < -0.39 is 0 Å². The molecule has 5 heteroatoms. The monoisotopic (exact) mass is 293 g/mol. The standard InChI is InChI=1S/C15H19N3O.ClH/c1-11-8-18(9-13(11)16)10-15-17-7-14(19-15)12-5-3-2-4-6-12;/h2-7,11,13H,8-10,16H2,1H3;1H. The third-order valence-corrected chi connectivity index (χ3v) is 3.72. The zero-order chi connectivity index (χ0) is 13.2. The molecule has 1 aromatic heterocycles. The van der Waals surface area contributed by atoms with E-state index >= 15 is 0 Å². The summed E-state index contributed by atoms with van der Waals surface area (Å²) in [6, 6.07) is 10.3. The maximum atomic E-state index is 6.03. The van der Waals surface area contributed by atoms with Gasteiger partial charge in [-0.3, -0.25) is 4.90 Å². The molecule has 2 unspecified atom stereocenters. The second kappa shape index (κ2) is 6.39. The van der Waals surface area contributed by atoms with E-state index in [-0.39, 0.29) is 18.4 Å². The van der Waals surface area contributed by atoms with E-state index in [1.807, 2.05) is 30.3 Å². The minimum atomic E-state index is 0. The van der Waals surface area contributed by atoms with Crippen molar-refractivity contribution in [2.45, 2.75) is 19.5 Å². The van der Waals surface area contributed by atoms with Crippen LogP contribution in [0.3, 0.4) is 0 Å². The molecule has 108 valence electrons. The molecular weight excluding hydrogens is 274 g/mol. The molecule has 2 heterocycles. The topological polar surface area (TPSA) is 55.3 Å². The van der Waals surface area contributed by atoms with Gasteiger partial charge in [-0.1, -0.05) is 37.3 Å². The van der Waals surface area contributed by atoms with Crippen molar-refractivity contribution in [2.24, 2.45) is 11.7 Å². The number of nitrogens with two attached hydrogens (primary N) is 1. The van der Waals surface area contributed by atoms with E-state index in [0.717, 1.165) is 36.8 Å². The van der Waals surface area contributed by atoms with Gasteiger partial charge in [0.25, 0.3) is 0 Å². The van der Waals surface area contributed by atoms with Crippen LogP contribution in [0.4, 0.5) is 0 Å². The average Bonchev–Trinajstić information content (AvgIpc) is 2.99. The molecule has 1 fully saturated rings. The highest BCUT2D eigenvalue weighted by Crippen LogP contribution is 2.22. The fourth-order valence-corrected chi connectivity index (χ4v) is 2.53. The summed E-state index contributed by atoms with van der Waals surface area (Å²) < 4.78 is 5.81. The lowest BCUT2D eigenvalue weighted by atomic mass is 10.1. The molecule has 0 radical (unpaired) electrons. The van der Waals surface area contributed by atoms with Crippen molar-refractivity contribution in [3.63, 3.8) is 0 Å². The summed E-state index contributed by atoms with van der Waals surface area (Å²) in [5.74, 6) is 2.14. The summed E-state index contributed by atoms with van der Waals surface area (Å²) in [4.78, 5) is 6.66. The first-order valence-electron chi connectivity index (χ1n) is 6.70. The predicted octanol–water partition coefficient (Wildman–Crippen LogP) is 2.54. The zero-order valence-corrected chi connectivity index (χ0v) is 12.3. The minimum absolute atomic E-state index is 0. The smallest absolute Gasteiger partial charge is 0.209 e. The molecule has 1 aliphatic heterocycles. The van der Waals surface area contributed by atoms with Gasteiger partial charge in [0.2, 0.25) is 5.89 Å². The molecule has 2 N–H and O–H groups in total. The van der Waals surface area contributed by atoms with Crippen molar-refractivity contribution in [2.75, 3.05) is 13.1 Å². The van der Waals surface area contributed by atoms with Gasteiger partial charge in [0.15, 0.2) is 5.76 Å². The Morgan fingerprint density at radius 2 is 2.05 bits per heavy atom. The van der Waals surface area contributed by atoms with Crippen molar-refractivity contribution in [3.05, 3.63) is 42.4 Å². The summed E-state index contributed by atoms with van der Waals surface area (Å²) in [5, 5.41) is 0. The molecule has 0 amide bonds. The van der Waals surface area contributed by atoms with Crippen LogP contribution in [0.15, 0.2) is 40.9 Å². The lowest BCUT2D eigenvalue weighted by Crippen LogP contribution is -2.28. The van der Waals surface area contributed by atoms with Crippen molar-refractivity contribution in [1.29, 1.82) is 0 Å². The van der Waals surface area contributed by atoms with Crippen molar-refractivity contribution >= 4 is 12.4 Å². The number of benzene rings is 1. The molecule has 3 rings (SSSR count). The molecule has 4 nitrogen and oxygen atoms in total. The Kier molecular flexibility index (Phi) is 4.81. The van der Waals surface area contributed by atoms with Crippen LogP contribution in [0.25, 0.3) is 11.3 Å². The molecule has 0 bridgehead atoms. The predicted molar refractivity (Wildman–Crippen MR) is 81.6 cm³/mol. The third-order valence-electron chi connectivity index (χ3n) is 3.72. The van der Waals surface area contributed by atoms with Gasteiger partial charge in [0, 0.05) is 24.7 Å². The largest absolute Gasteiger partial charge is 0.439 e. The van der Waals surface area contributed by atoms with E-state index in [9.17, 15) is 0 Å². The summed E-state index contributed by atoms with van der Waals surface area (Å²) >= 11 is 0. The Hall–Kier alpha value is -1.36. The summed E-state index contributed by atoms with van der Waals surface area (Å²) in [5.41, 5.74) is 7.09. The van der Waals surface area contributed by atoms with E-state index in [0.29, 0.717) is 5.92 Å². The van der Waals surface area contributed by atoms with Crippen LogP contribution >= 0.6 is 12.4 Å². The van der Waals surface area contributed by atoms with Crippen LogP contribution in [0.5, 0.6) is 0 Å². The lowest BCUT2D eigenvalue weighted by Gasteiger charge is -2.11. The SMILES string of the molecule is CC1CN(Cc2ncc(-c3ccccc3)o2)CC1N.Cl. The van der Waals surface area contributed by atoms with Crippen molar-refractivity contribution < 1.29 is 4.42 Å². The van der Waals surface area contributed by atoms with Gasteiger partial charge in [-0.05, 0) is 5.92 Å². The van der Waals surface area contributed by atoms with E-state index in [2.05, 4.69) is 16.8 Å². The molecule has 1 aromatic carbocycles. The van der Waals surface area contributed by atoms with Crippen LogP contribution < -0.4 is 5.73 Å². The quantitative estimate of drug-likeness (QED) is 0.945. The van der Waals surface area contributed by atoms with Crippen LogP contribution in [0.1, 0.15) is 12.8 Å². The Morgan fingerprint density at radius 1 is 1.30 bits per heavy atom. The Labute approximate surface area is 125 Å². The molecule has 0 spiro atoms. The molecular formula is C15H20ClN3O. The molecule has 0 saturated carbocycles. The highest BCUT2D eigenvalue weighted by molar-refractivity contribution is 5.85. The summed E-state index contributed by atoms with van der Waals surface area (Å²) in [7, 11) is 0. The van der Waals surface area contributed by atoms with Crippen molar-refractivity contribution in [3.8, 4) is 11.3 Å². The number of likely N-dealkylation sites (tertiary alicyclic amines) is 1. The number of hydrogen-bond donors (Lipinski definition) is 1. The first-order chi connectivity index (χ1) is 9.22. The van der Waals surface area contributed by atoms with E-state index in [1.54, 1.807) is 6.20 Å². The Bertz CT molecular complexity index is 533. The number of halogens is 1. The Morgan fingerprint density at radius 3 is 2.70 bits per heavy atom. The van der Waals surface area contributed by atoms with Gasteiger partial charge in [0.05, 0.1) is 12.7 Å². The normalized spacial score (nSPS) is 22.7. The number of oxazole rings is 1. The maximum absolute atomic E-state index is 6.03. The molecule has 20 heavy (non-hydrogen) atoms. The van der Waals surface area contributed by atoms with Gasteiger partial charge in [-0.25, -0.2) is 4.98 Å². The van der Waals surface area contributed by atoms with Gasteiger partial charge in [0.1, 0.15) is 0 Å². The van der Waals surface area contributed by atoms with Crippen LogP contribution in [-0.2, 0) is 6.54 Å². The summed E-state index contributed by atoms with van der Waals surface area (Å²) in [6.45, 7) is 4.87. The highest BCUT2D eigenvalue weighted by Gasteiger charge is 2.27. The first-order valence-corrected chi connectivity index (χ1v) is 6.70. The second-order valence-electron chi connectivity index (χ2n) is 5.32. The fourth-order valence-electron chi connectivity index (χ4n) is 2.53. The lowest BCUT2D eigenvalue weighted by molar-refractivity contribution is 0.283. The van der Waals surface area contributed by atoms with Crippen LogP contribution in [0.2, 0.25) is 0 Å². The Balaban J connectivity index is 0.00000147. The molecule has 0 aliphatic carbocycles. The summed E-state index contributed by atoms with van der Waals surface area (Å²) in [6.07, 6.45) is 1.80. The number of nitrogens with zero attached hydrogens (tertiary/aromatic N) is 2. The van der Waals surface area contributed by atoms with E-state index in [4.69, 9.17) is 10.2 Å². The van der Waals surface area contributed by atoms with Gasteiger partial charge in [-0.15, -0.1) is 12.4 Å². The molecule has 2 atom stereocenters. The van der Waals surface area contributed by atoms with Crippen molar-refractivity contribution in [1.82, 2.24) is 9.88 Å². The molecule has 1 aliphatic rings. The second-order valence-corrected chi connectivity index (χ2v) is 5.32. The average molecular weight is 294 g/mol. The fraction of sp³-hybridized carbons (Fsp3) is 0.400. The first kappa shape index (κ1) is 15.0. The van der Waals surface area contributed by atoms with Crippen LogP contribution in [-0.4, -0.2) is 29.0 Å². The van der Waals surface area contributed by atoms with Gasteiger partial charge < -0.3 is 10.2 Å². The van der Waals surface area contributed by atoms with Crippen LogP contribution in [0, 0.1) is 5.92 Å². The number of aromatic nitrogens is 1. The molecule has 1 saturated heterocycles. The minimum Gasteiger partial charge on any atom is -0.439 e. The number of rotatable bonds is 3. The highest BCUT2D eigenvalue weighted by atomic mass is 35.5. The zero-order valence-electron chi connectivity index (χ0n) is 11.5. The van der Waals surface area contributed by atoms with Gasteiger partial charge in [-0.2, -0.15) is 0 Å².